The number of carboxylic acid groups (broad SMARTS) is 1. The van der Waals surface area contributed by atoms with Crippen molar-refractivity contribution in [2.45, 2.75) is 32.8 Å². The van der Waals surface area contributed by atoms with Crippen LogP contribution in [0.15, 0.2) is 24.3 Å². The quantitative estimate of drug-likeness (QED) is 0.875. The highest BCUT2D eigenvalue weighted by atomic mass is 35.5. The van der Waals surface area contributed by atoms with Crippen LogP contribution in [0.3, 0.4) is 0 Å². The minimum Gasteiger partial charge on any atom is -0.481 e. The molecule has 0 aromatic heterocycles. The first-order chi connectivity index (χ1) is 9.69. The SMILES string of the molecule is CC(C)(C)OC(=O)NC[C@H](Cc1ccccc1Cl)C(=O)O. The number of carbonyl (C=O) groups excluding carboxylic acids is 1. The lowest BCUT2D eigenvalue weighted by Crippen LogP contribution is -2.37. The van der Waals surface area contributed by atoms with E-state index in [0.29, 0.717) is 5.02 Å². The van der Waals surface area contributed by atoms with E-state index >= 15 is 0 Å². The van der Waals surface area contributed by atoms with Crippen molar-refractivity contribution in [2.75, 3.05) is 6.54 Å². The molecule has 21 heavy (non-hydrogen) atoms. The van der Waals surface area contributed by atoms with Crippen LogP contribution in [0.2, 0.25) is 5.02 Å². The van der Waals surface area contributed by atoms with Crippen LogP contribution in [0, 0.1) is 5.92 Å². The normalized spacial score (nSPS) is 12.6. The molecule has 0 saturated heterocycles. The van der Waals surface area contributed by atoms with Crippen LogP contribution in [-0.2, 0) is 16.0 Å². The maximum atomic E-state index is 11.6. The molecule has 2 N–H and O–H groups in total. The number of alkyl carbamates (subject to hydrolysis) is 1. The summed E-state index contributed by atoms with van der Waals surface area (Å²) in [4.78, 5) is 22.8. The summed E-state index contributed by atoms with van der Waals surface area (Å²) in [5.74, 6) is -1.76. The second kappa shape index (κ2) is 7.31. The summed E-state index contributed by atoms with van der Waals surface area (Å²) in [5.41, 5.74) is 0.114. The number of nitrogens with one attached hydrogen (secondary N) is 1. The van der Waals surface area contributed by atoms with Crippen molar-refractivity contribution >= 4 is 23.7 Å². The molecule has 6 heteroatoms. The molecule has 0 aliphatic heterocycles. The highest BCUT2D eigenvalue weighted by Crippen LogP contribution is 2.19. The fraction of sp³-hybridized carbons (Fsp3) is 0.467. The number of amides is 1. The largest absolute Gasteiger partial charge is 0.481 e. The van der Waals surface area contributed by atoms with Gasteiger partial charge in [-0.1, -0.05) is 29.8 Å². The number of carbonyl (C=O) groups is 2. The third-order valence-corrected chi connectivity index (χ3v) is 3.03. The molecule has 0 unspecified atom stereocenters. The Kier molecular flexibility index (Phi) is 6.03. The zero-order chi connectivity index (χ0) is 16.0. The Morgan fingerprint density at radius 3 is 2.48 bits per heavy atom. The van der Waals surface area contributed by atoms with Gasteiger partial charge < -0.3 is 15.2 Å². The van der Waals surface area contributed by atoms with Gasteiger partial charge in [0.2, 0.25) is 0 Å². The molecule has 1 amide bonds. The van der Waals surface area contributed by atoms with Crippen molar-refractivity contribution in [2.24, 2.45) is 5.92 Å². The predicted molar refractivity (Wildman–Crippen MR) is 80.5 cm³/mol. The Morgan fingerprint density at radius 1 is 1.33 bits per heavy atom. The molecule has 1 rings (SSSR count). The second-order valence-corrected chi connectivity index (χ2v) is 6.12. The number of hydrogen-bond acceptors (Lipinski definition) is 3. The Labute approximate surface area is 129 Å². The van der Waals surface area contributed by atoms with Gasteiger partial charge in [0.1, 0.15) is 5.60 Å². The molecule has 0 heterocycles. The molecule has 0 fully saturated rings. The van der Waals surface area contributed by atoms with Gasteiger partial charge in [0.15, 0.2) is 0 Å². The Morgan fingerprint density at radius 2 is 1.95 bits per heavy atom. The lowest BCUT2D eigenvalue weighted by Gasteiger charge is -2.21. The van der Waals surface area contributed by atoms with Gasteiger partial charge >= 0.3 is 12.1 Å². The zero-order valence-electron chi connectivity index (χ0n) is 12.4. The standard InChI is InChI=1S/C15H20ClNO4/c1-15(2,3)21-14(20)17-9-11(13(18)19)8-10-6-4-5-7-12(10)16/h4-7,11H,8-9H2,1-3H3,(H,17,20)(H,18,19)/t11-/m0/s1. The highest BCUT2D eigenvalue weighted by molar-refractivity contribution is 6.31. The van der Waals surface area contributed by atoms with Crippen LogP contribution in [-0.4, -0.2) is 29.3 Å². The molecular formula is C15H20ClNO4. The second-order valence-electron chi connectivity index (χ2n) is 5.71. The molecule has 1 aromatic carbocycles. The summed E-state index contributed by atoms with van der Waals surface area (Å²) in [6.45, 7) is 5.20. The summed E-state index contributed by atoms with van der Waals surface area (Å²) in [5, 5.41) is 12.2. The van der Waals surface area contributed by atoms with E-state index in [1.807, 2.05) is 0 Å². The van der Waals surface area contributed by atoms with Crippen LogP contribution >= 0.6 is 11.6 Å². The summed E-state index contributed by atoms with van der Waals surface area (Å²) < 4.78 is 5.07. The van der Waals surface area contributed by atoms with Crippen LogP contribution in [0.4, 0.5) is 4.79 Å². The van der Waals surface area contributed by atoms with Gasteiger partial charge in [-0.3, -0.25) is 4.79 Å². The van der Waals surface area contributed by atoms with Crippen molar-refractivity contribution in [3.05, 3.63) is 34.9 Å². The van der Waals surface area contributed by atoms with E-state index in [9.17, 15) is 14.7 Å². The summed E-state index contributed by atoms with van der Waals surface area (Å²) in [7, 11) is 0. The van der Waals surface area contributed by atoms with Gasteiger partial charge in [0.05, 0.1) is 5.92 Å². The van der Waals surface area contributed by atoms with Gasteiger partial charge in [-0.2, -0.15) is 0 Å². The third kappa shape index (κ3) is 6.49. The molecule has 0 saturated carbocycles. The molecule has 5 nitrogen and oxygen atoms in total. The topological polar surface area (TPSA) is 75.6 Å². The number of ether oxygens (including phenoxy) is 1. The van der Waals surface area contributed by atoms with Crippen LogP contribution in [0.1, 0.15) is 26.3 Å². The maximum Gasteiger partial charge on any atom is 0.407 e. The molecule has 116 valence electrons. The van der Waals surface area contributed by atoms with Crippen molar-refractivity contribution < 1.29 is 19.4 Å². The first-order valence-corrected chi connectivity index (χ1v) is 7.00. The van der Waals surface area contributed by atoms with E-state index in [1.165, 1.54) is 0 Å². The van der Waals surface area contributed by atoms with Gasteiger partial charge in [-0.25, -0.2) is 4.79 Å². The summed E-state index contributed by atoms with van der Waals surface area (Å²) in [6.07, 6.45) is -0.391. The molecular weight excluding hydrogens is 294 g/mol. The number of rotatable bonds is 5. The molecule has 1 aromatic rings. The van der Waals surface area contributed by atoms with Crippen LogP contribution in [0.25, 0.3) is 0 Å². The average Bonchev–Trinajstić information content (AvgIpc) is 2.34. The number of aliphatic carboxylic acids is 1. The van der Waals surface area contributed by atoms with Gasteiger partial charge in [0, 0.05) is 11.6 Å². The third-order valence-electron chi connectivity index (χ3n) is 2.67. The molecule has 0 aliphatic carbocycles. The Bertz CT molecular complexity index is 511. The van der Waals surface area contributed by atoms with E-state index in [1.54, 1.807) is 45.0 Å². The molecule has 0 radical (unpaired) electrons. The lowest BCUT2D eigenvalue weighted by atomic mass is 9.99. The van der Waals surface area contributed by atoms with Crippen LogP contribution < -0.4 is 5.32 Å². The van der Waals surface area contributed by atoms with Gasteiger partial charge in [-0.05, 0) is 38.8 Å². The van der Waals surface area contributed by atoms with Crippen molar-refractivity contribution in [1.82, 2.24) is 5.32 Å². The smallest absolute Gasteiger partial charge is 0.407 e. The first-order valence-electron chi connectivity index (χ1n) is 6.62. The first kappa shape index (κ1) is 17.3. The van der Waals surface area contributed by atoms with Crippen molar-refractivity contribution in [3.8, 4) is 0 Å². The fourth-order valence-electron chi connectivity index (χ4n) is 1.70. The average molecular weight is 314 g/mol. The minimum atomic E-state index is -0.994. The minimum absolute atomic E-state index is 0.0184. The molecule has 1 atom stereocenters. The van der Waals surface area contributed by atoms with E-state index in [0.717, 1.165) is 5.56 Å². The number of halogens is 1. The highest BCUT2D eigenvalue weighted by Gasteiger charge is 2.22. The fourth-order valence-corrected chi connectivity index (χ4v) is 1.91. The number of carboxylic acids is 1. The zero-order valence-corrected chi connectivity index (χ0v) is 13.1. The molecule has 0 bridgehead atoms. The number of hydrogen-bond donors (Lipinski definition) is 2. The van der Waals surface area contributed by atoms with E-state index in [-0.39, 0.29) is 13.0 Å². The Hall–Kier alpha value is -1.75. The van der Waals surface area contributed by atoms with E-state index < -0.39 is 23.6 Å². The molecule has 0 spiro atoms. The summed E-state index contributed by atoms with van der Waals surface area (Å²) in [6, 6.07) is 7.05. The molecule has 0 aliphatic rings. The van der Waals surface area contributed by atoms with Crippen molar-refractivity contribution in [3.63, 3.8) is 0 Å². The van der Waals surface area contributed by atoms with Gasteiger partial charge in [-0.15, -0.1) is 0 Å². The van der Waals surface area contributed by atoms with Gasteiger partial charge in [0.25, 0.3) is 0 Å². The lowest BCUT2D eigenvalue weighted by molar-refractivity contribution is -0.141. The van der Waals surface area contributed by atoms with Crippen LogP contribution in [0.5, 0.6) is 0 Å². The van der Waals surface area contributed by atoms with Crippen molar-refractivity contribution in [1.29, 1.82) is 0 Å². The maximum absolute atomic E-state index is 11.6. The monoisotopic (exact) mass is 313 g/mol. The van der Waals surface area contributed by atoms with E-state index in [2.05, 4.69) is 5.32 Å². The summed E-state index contributed by atoms with van der Waals surface area (Å²) >= 11 is 6.02. The Balaban J connectivity index is 2.61. The van der Waals surface area contributed by atoms with E-state index in [4.69, 9.17) is 16.3 Å². The number of benzene rings is 1. The predicted octanol–water partition coefficient (Wildman–Crippen LogP) is 3.11.